The molecule has 0 spiro atoms. The van der Waals surface area contributed by atoms with Crippen molar-refractivity contribution >= 4 is 34.3 Å². The Labute approximate surface area is 204 Å². The van der Waals surface area contributed by atoms with Crippen LogP contribution in [0.2, 0.25) is 0 Å². The Morgan fingerprint density at radius 3 is 2.46 bits per heavy atom. The van der Waals surface area contributed by atoms with E-state index >= 15 is 0 Å². The van der Waals surface area contributed by atoms with Gasteiger partial charge >= 0.3 is 6.03 Å². The minimum atomic E-state index is -0.588. The fourth-order valence-corrected chi connectivity index (χ4v) is 4.78. The van der Waals surface area contributed by atoms with Gasteiger partial charge in [-0.3, -0.25) is 14.5 Å². The predicted octanol–water partition coefficient (Wildman–Crippen LogP) is 4.48. The summed E-state index contributed by atoms with van der Waals surface area (Å²) in [6.07, 6.45) is 1.08. The van der Waals surface area contributed by atoms with Gasteiger partial charge in [0.1, 0.15) is 12.6 Å². The molecule has 7 heteroatoms. The average Bonchev–Trinajstić information content (AvgIpc) is 3.41. The Kier molecular flexibility index (Phi) is 6.07. The van der Waals surface area contributed by atoms with Gasteiger partial charge in [0, 0.05) is 6.42 Å². The Morgan fingerprint density at radius 2 is 1.71 bits per heavy atom. The highest BCUT2D eigenvalue weighted by Gasteiger charge is 2.41. The number of hydrogen-bond acceptors (Lipinski definition) is 4. The predicted molar refractivity (Wildman–Crippen MR) is 135 cm³/mol. The Morgan fingerprint density at radius 1 is 1.00 bits per heavy atom. The lowest BCUT2D eigenvalue weighted by molar-refractivity contribution is -0.138. The van der Waals surface area contributed by atoms with Crippen molar-refractivity contribution in [3.63, 3.8) is 0 Å². The Hall–Kier alpha value is -4.00. The topological polar surface area (TPSA) is 82.1 Å². The average molecular weight is 469 g/mol. The standard InChI is InChI=1S/C28H28N4O3/c1-18(2)14-24-27(34)31(28(35)29-24)17-26(33)32-25(20-9-4-3-5-10-20)16-23(30-32)22-13-12-19-8-6-7-11-21(19)15-22/h3-13,15,18,24-25H,14,16-17H2,1-2H3,(H,29,35)/t24-,25+/m0/s1. The summed E-state index contributed by atoms with van der Waals surface area (Å²) in [6.45, 7) is 3.65. The number of imide groups is 1. The third-order valence-corrected chi connectivity index (χ3v) is 6.54. The zero-order chi connectivity index (χ0) is 24.5. The smallest absolute Gasteiger partial charge is 0.325 e. The maximum atomic E-state index is 13.4. The first-order valence-electron chi connectivity index (χ1n) is 12.0. The molecule has 0 radical (unpaired) electrons. The van der Waals surface area contributed by atoms with E-state index in [1.807, 2.05) is 62.4 Å². The molecule has 4 amide bonds. The van der Waals surface area contributed by atoms with E-state index in [-0.39, 0.29) is 30.3 Å². The van der Waals surface area contributed by atoms with Crippen molar-refractivity contribution in [2.45, 2.75) is 38.8 Å². The molecule has 35 heavy (non-hydrogen) atoms. The van der Waals surface area contributed by atoms with Crippen molar-refractivity contribution in [2.24, 2.45) is 11.0 Å². The molecule has 0 saturated carbocycles. The number of nitrogens with zero attached hydrogens (tertiary/aromatic N) is 3. The number of nitrogens with one attached hydrogen (secondary N) is 1. The SMILES string of the molecule is CC(C)C[C@@H]1NC(=O)N(CC(=O)N2N=C(c3ccc4ccccc4c3)C[C@@H]2c2ccccc2)C1=O. The largest absolute Gasteiger partial charge is 0.326 e. The van der Waals surface area contributed by atoms with Crippen LogP contribution in [-0.2, 0) is 9.59 Å². The molecule has 178 valence electrons. The van der Waals surface area contributed by atoms with Crippen LogP contribution in [0.15, 0.2) is 77.9 Å². The van der Waals surface area contributed by atoms with Crippen LogP contribution in [0.5, 0.6) is 0 Å². The number of hydrazone groups is 1. The van der Waals surface area contributed by atoms with Crippen molar-refractivity contribution in [3.05, 3.63) is 83.9 Å². The van der Waals surface area contributed by atoms with Crippen molar-refractivity contribution in [2.75, 3.05) is 6.54 Å². The van der Waals surface area contributed by atoms with Crippen molar-refractivity contribution in [1.82, 2.24) is 15.2 Å². The van der Waals surface area contributed by atoms with Crippen molar-refractivity contribution in [1.29, 1.82) is 0 Å². The summed E-state index contributed by atoms with van der Waals surface area (Å²) in [7, 11) is 0. The lowest BCUT2D eigenvalue weighted by Crippen LogP contribution is -2.41. The van der Waals surface area contributed by atoms with E-state index in [4.69, 9.17) is 5.10 Å². The van der Waals surface area contributed by atoms with Gasteiger partial charge in [0.2, 0.25) is 0 Å². The van der Waals surface area contributed by atoms with Crippen LogP contribution in [0.4, 0.5) is 4.79 Å². The Bertz CT molecular complexity index is 1320. The third-order valence-electron chi connectivity index (χ3n) is 6.54. The highest BCUT2D eigenvalue weighted by atomic mass is 16.2. The molecule has 2 atom stereocenters. The molecule has 1 fully saturated rings. The molecular formula is C28H28N4O3. The summed E-state index contributed by atoms with van der Waals surface area (Å²) in [6, 6.07) is 22.6. The van der Waals surface area contributed by atoms with Gasteiger partial charge in [-0.1, -0.05) is 80.6 Å². The van der Waals surface area contributed by atoms with E-state index in [0.717, 1.165) is 32.5 Å². The number of benzene rings is 3. The summed E-state index contributed by atoms with van der Waals surface area (Å²) in [5.74, 6) is -0.496. The molecule has 1 saturated heterocycles. The van der Waals surface area contributed by atoms with Gasteiger partial charge in [0.05, 0.1) is 11.8 Å². The summed E-state index contributed by atoms with van der Waals surface area (Å²) in [5, 5.41) is 11.1. The molecule has 1 N–H and O–H groups in total. The van der Waals surface area contributed by atoms with Crippen LogP contribution in [0, 0.1) is 5.92 Å². The number of rotatable bonds is 6. The Balaban J connectivity index is 1.43. The minimum absolute atomic E-state index is 0.245. The quantitative estimate of drug-likeness (QED) is 0.542. The molecule has 0 aromatic heterocycles. The normalized spacial score (nSPS) is 20.0. The number of fused-ring (bicyclic) bond motifs is 1. The zero-order valence-corrected chi connectivity index (χ0v) is 19.8. The third kappa shape index (κ3) is 4.54. The summed E-state index contributed by atoms with van der Waals surface area (Å²) < 4.78 is 0. The van der Waals surface area contributed by atoms with Crippen LogP contribution < -0.4 is 5.32 Å². The van der Waals surface area contributed by atoms with Crippen LogP contribution in [0.25, 0.3) is 10.8 Å². The van der Waals surface area contributed by atoms with E-state index in [0.29, 0.717) is 12.8 Å². The van der Waals surface area contributed by atoms with Crippen LogP contribution in [-0.4, -0.2) is 46.1 Å². The monoisotopic (exact) mass is 468 g/mol. The van der Waals surface area contributed by atoms with Crippen molar-refractivity contribution < 1.29 is 14.4 Å². The molecule has 0 bridgehead atoms. The molecule has 2 aliphatic heterocycles. The number of carbonyl (C=O) groups excluding carboxylic acids is 3. The van der Waals surface area contributed by atoms with E-state index in [1.165, 1.54) is 5.01 Å². The number of amides is 4. The lowest BCUT2D eigenvalue weighted by Gasteiger charge is -2.23. The van der Waals surface area contributed by atoms with Gasteiger partial charge in [0.25, 0.3) is 11.8 Å². The zero-order valence-electron chi connectivity index (χ0n) is 19.8. The van der Waals surface area contributed by atoms with Crippen LogP contribution >= 0.6 is 0 Å². The van der Waals surface area contributed by atoms with Gasteiger partial charge in [-0.25, -0.2) is 9.80 Å². The molecule has 3 aromatic rings. The number of carbonyl (C=O) groups is 3. The van der Waals surface area contributed by atoms with Gasteiger partial charge in [0.15, 0.2) is 0 Å². The first-order valence-corrected chi connectivity index (χ1v) is 12.0. The molecule has 2 heterocycles. The lowest BCUT2D eigenvalue weighted by atomic mass is 9.97. The van der Waals surface area contributed by atoms with Gasteiger partial charge in [-0.2, -0.15) is 5.10 Å². The first-order chi connectivity index (χ1) is 16.9. The molecule has 5 rings (SSSR count). The van der Waals surface area contributed by atoms with Gasteiger partial charge in [-0.05, 0) is 40.3 Å². The fourth-order valence-electron chi connectivity index (χ4n) is 4.78. The highest BCUT2D eigenvalue weighted by molar-refractivity contribution is 6.08. The molecule has 0 aliphatic carbocycles. The summed E-state index contributed by atoms with van der Waals surface area (Å²) in [4.78, 5) is 39.7. The maximum Gasteiger partial charge on any atom is 0.325 e. The summed E-state index contributed by atoms with van der Waals surface area (Å²) in [5.41, 5.74) is 2.70. The summed E-state index contributed by atoms with van der Waals surface area (Å²) >= 11 is 0. The van der Waals surface area contributed by atoms with Gasteiger partial charge in [-0.15, -0.1) is 0 Å². The number of hydrogen-bond donors (Lipinski definition) is 1. The second kappa shape index (κ2) is 9.33. The molecule has 3 aromatic carbocycles. The van der Waals surface area contributed by atoms with E-state index < -0.39 is 12.1 Å². The van der Waals surface area contributed by atoms with Crippen molar-refractivity contribution in [3.8, 4) is 0 Å². The first kappa shape index (κ1) is 22.8. The second-order valence-electron chi connectivity index (χ2n) is 9.53. The highest BCUT2D eigenvalue weighted by Crippen LogP contribution is 2.33. The van der Waals surface area contributed by atoms with E-state index in [9.17, 15) is 14.4 Å². The molecule has 2 aliphatic rings. The fraction of sp³-hybridized carbons (Fsp3) is 0.286. The number of urea groups is 1. The van der Waals surface area contributed by atoms with Crippen LogP contribution in [0.3, 0.4) is 0 Å². The maximum absolute atomic E-state index is 13.4. The van der Waals surface area contributed by atoms with Crippen LogP contribution in [0.1, 0.15) is 43.9 Å². The second-order valence-corrected chi connectivity index (χ2v) is 9.53. The minimum Gasteiger partial charge on any atom is -0.326 e. The molecular weight excluding hydrogens is 440 g/mol. The molecule has 7 nitrogen and oxygen atoms in total. The van der Waals surface area contributed by atoms with E-state index in [1.54, 1.807) is 0 Å². The van der Waals surface area contributed by atoms with Gasteiger partial charge < -0.3 is 5.32 Å². The molecule has 0 unspecified atom stereocenters. The van der Waals surface area contributed by atoms with E-state index in [2.05, 4.69) is 29.6 Å².